The summed E-state index contributed by atoms with van der Waals surface area (Å²) in [5.74, 6) is 0. The van der Waals surface area contributed by atoms with Crippen molar-refractivity contribution < 1.29 is 5.11 Å². The van der Waals surface area contributed by atoms with E-state index in [1.54, 1.807) is 6.33 Å². The fourth-order valence-corrected chi connectivity index (χ4v) is 3.51. The first kappa shape index (κ1) is 18.3. The van der Waals surface area contributed by atoms with E-state index in [1.165, 1.54) is 10.6 Å². The number of piperidine rings is 1. The number of likely N-dealkylation sites (tertiary alicyclic amines) is 2. The molecule has 0 saturated carbocycles. The Morgan fingerprint density at radius 2 is 2.16 bits per heavy atom. The molecule has 0 aromatic carbocycles. The molecular weight excluding hydrogens is 318 g/mol. The van der Waals surface area contributed by atoms with Crippen molar-refractivity contribution >= 4 is 6.08 Å². The molecule has 7 nitrogen and oxygen atoms in total. The minimum atomic E-state index is -0.816. The molecule has 1 aromatic heterocycles. The summed E-state index contributed by atoms with van der Waals surface area (Å²) in [4.78, 5) is 21.1. The molecule has 0 radical (unpaired) electrons. The van der Waals surface area contributed by atoms with E-state index in [9.17, 15) is 9.90 Å². The summed E-state index contributed by atoms with van der Waals surface area (Å²) in [6.07, 6.45) is 7.84. The van der Waals surface area contributed by atoms with Crippen LogP contribution in [0.1, 0.15) is 25.0 Å². The predicted octanol–water partition coefficient (Wildman–Crippen LogP) is -0.254. The van der Waals surface area contributed by atoms with Gasteiger partial charge in [0.15, 0.2) is 0 Å². The fourth-order valence-electron chi connectivity index (χ4n) is 3.51. The molecule has 0 amide bonds. The molecule has 1 atom stereocenters. The normalized spacial score (nSPS) is 25.0. The van der Waals surface area contributed by atoms with Crippen LogP contribution in [0.5, 0.6) is 0 Å². The zero-order valence-electron chi connectivity index (χ0n) is 15.0. The van der Waals surface area contributed by atoms with E-state index < -0.39 is 5.60 Å². The first-order valence-electron chi connectivity index (χ1n) is 9.05. The van der Waals surface area contributed by atoms with Crippen molar-refractivity contribution in [1.82, 2.24) is 19.4 Å². The van der Waals surface area contributed by atoms with E-state index in [0.29, 0.717) is 25.1 Å². The SMILES string of the molecule is CN1CCC(O)(Cn2cnc(/C=C/CN3CCC(N)C3)cc2=O)CC1. The van der Waals surface area contributed by atoms with Crippen LogP contribution in [-0.4, -0.2) is 75.9 Å². The molecule has 0 spiro atoms. The van der Waals surface area contributed by atoms with Crippen molar-refractivity contribution in [1.29, 1.82) is 0 Å². The van der Waals surface area contributed by atoms with Crippen molar-refractivity contribution in [3.8, 4) is 0 Å². The van der Waals surface area contributed by atoms with Gasteiger partial charge in [-0.05, 0) is 32.4 Å². The van der Waals surface area contributed by atoms with Crippen LogP contribution in [0, 0.1) is 0 Å². The molecule has 3 rings (SSSR count). The highest BCUT2D eigenvalue weighted by Gasteiger charge is 2.31. The molecule has 2 fully saturated rings. The third-order valence-electron chi connectivity index (χ3n) is 5.24. The fraction of sp³-hybridized carbons (Fsp3) is 0.667. The summed E-state index contributed by atoms with van der Waals surface area (Å²) in [6.45, 7) is 4.77. The summed E-state index contributed by atoms with van der Waals surface area (Å²) in [5.41, 5.74) is 5.61. The lowest BCUT2D eigenvalue weighted by atomic mass is 9.91. The predicted molar refractivity (Wildman–Crippen MR) is 98.2 cm³/mol. The average Bonchev–Trinajstić information content (AvgIpc) is 2.99. The summed E-state index contributed by atoms with van der Waals surface area (Å²) in [5, 5.41) is 10.7. The molecular formula is C18H29N5O2. The van der Waals surface area contributed by atoms with E-state index in [4.69, 9.17) is 5.73 Å². The lowest BCUT2D eigenvalue weighted by Crippen LogP contribution is -2.46. The minimum absolute atomic E-state index is 0.120. The Balaban J connectivity index is 1.58. The molecule has 2 saturated heterocycles. The average molecular weight is 347 g/mol. The van der Waals surface area contributed by atoms with Gasteiger partial charge >= 0.3 is 0 Å². The summed E-state index contributed by atoms with van der Waals surface area (Å²) >= 11 is 0. The molecule has 7 heteroatoms. The van der Waals surface area contributed by atoms with Gasteiger partial charge in [-0.15, -0.1) is 0 Å². The Morgan fingerprint density at radius 3 is 2.80 bits per heavy atom. The van der Waals surface area contributed by atoms with Crippen molar-refractivity contribution in [2.45, 2.75) is 37.5 Å². The van der Waals surface area contributed by atoms with Gasteiger partial charge in [-0.3, -0.25) is 14.3 Å². The minimum Gasteiger partial charge on any atom is -0.388 e. The maximum atomic E-state index is 12.3. The lowest BCUT2D eigenvalue weighted by Gasteiger charge is -2.36. The number of nitrogens with two attached hydrogens (primary N) is 1. The van der Waals surface area contributed by atoms with Gasteiger partial charge in [0.05, 0.1) is 24.2 Å². The third kappa shape index (κ3) is 4.98. The Kier molecular flexibility index (Phi) is 5.68. The van der Waals surface area contributed by atoms with E-state index in [1.807, 2.05) is 19.2 Å². The second kappa shape index (κ2) is 7.78. The van der Waals surface area contributed by atoms with E-state index in [-0.39, 0.29) is 11.6 Å². The van der Waals surface area contributed by atoms with Gasteiger partial charge in [0, 0.05) is 44.8 Å². The first-order chi connectivity index (χ1) is 11.9. The number of aliphatic hydroxyl groups is 1. The molecule has 0 aliphatic carbocycles. The zero-order valence-corrected chi connectivity index (χ0v) is 15.0. The van der Waals surface area contributed by atoms with Gasteiger partial charge < -0.3 is 15.7 Å². The van der Waals surface area contributed by atoms with Crippen LogP contribution in [0.2, 0.25) is 0 Å². The van der Waals surface area contributed by atoms with Crippen molar-refractivity contribution in [2.24, 2.45) is 5.73 Å². The van der Waals surface area contributed by atoms with E-state index >= 15 is 0 Å². The van der Waals surface area contributed by atoms with Crippen LogP contribution in [0.4, 0.5) is 0 Å². The smallest absolute Gasteiger partial charge is 0.253 e. The van der Waals surface area contributed by atoms with E-state index in [2.05, 4.69) is 14.8 Å². The lowest BCUT2D eigenvalue weighted by molar-refractivity contribution is -0.0299. The second-order valence-corrected chi connectivity index (χ2v) is 7.52. The van der Waals surface area contributed by atoms with Crippen LogP contribution >= 0.6 is 0 Å². The van der Waals surface area contributed by atoms with Crippen molar-refractivity contribution in [3.05, 3.63) is 34.5 Å². The third-order valence-corrected chi connectivity index (χ3v) is 5.24. The van der Waals surface area contributed by atoms with Gasteiger partial charge in [-0.2, -0.15) is 0 Å². The number of hydrogen-bond donors (Lipinski definition) is 2. The van der Waals surface area contributed by atoms with Gasteiger partial charge in [0.2, 0.25) is 0 Å². The van der Waals surface area contributed by atoms with Crippen LogP contribution < -0.4 is 11.3 Å². The van der Waals surface area contributed by atoms with Crippen molar-refractivity contribution in [2.75, 3.05) is 39.8 Å². The Labute approximate surface area is 148 Å². The maximum absolute atomic E-state index is 12.3. The Hall–Kier alpha value is -1.54. The summed E-state index contributed by atoms with van der Waals surface area (Å²) < 4.78 is 1.52. The van der Waals surface area contributed by atoms with E-state index in [0.717, 1.165) is 39.1 Å². The molecule has 1 aromatic rings. The molecule has 138 valence electrons. The van der Waals surface area contributed by atoms with Gasteiger partial charge in [-0.25, -0.2) is 4.98 Å². The van der Waals surface area contributed by atoms with Crippen LogP contribution in [0.3, 0.4) is 0 Å². The number of nitrogens with zero attached hydrogens (tertiary/aromatic N) is 4. The number of hydrogen-bond acceptors (Lipinski definition) is 6. The molecule has 3 heterocycles. The molecule has 3 N–H and O–H groups in total. The first-order valence-corrected chi connectivity index (χ1v) is 9.05. The Morgan fingerprint density at radius 1 is 1.40 bits per heavy atom. The zero-order chi connectivity index (χ0) is 17.9. The summed E-state index contributed by atoms with van der Waals surface area (Å²) in [6, 6.07) is 1.81. The van der Waals surface area contributed by atoms with Crippen LogP contribution in [0.15, 0.2) is 23.3 Å². The second-order valence-electron chi connectivity index (χ2n) is 7.52. The highest BCUT2D eigenvalue weighted by Crippen LogP contribution is 2.22. The highest BCUT2D eigenvalue weighted by atomic mass is 16.3. The van der Waals surface area contributed by atoms with Gasteiger partial charge in [0.25, 0.3) is 5.56 Å². The Bertz CT molecular complexity index is 664. The topological polar surface area (TPSA) is 87.6 Å². The molecule has 2 aliphatic rings. The number of rotatable bonds is 5. The van der Waals surface area contributed by atoms with Gasteiger partial charge in [0.1, 0.15) is 0 Å². The number of aromatic nitrogens is 2. The molecule has 1 unspecified atom stereocenters. The maximum Gasteiger partial charge on any atom is 0.253 e. The quantitative estimate of drug-likeness (QED) is 0.763. The standard InChI is InChI=1S/C18H29N5O2/c1-21-9-5-18(25,6-10-21)13-23-14-20-16(11-17(23)24)3-2-7-22-8-4-15(19)12-22/h2-3,11,14-15,25H,4-10,12-13,19H2,1H3/b3-2+. The highest BCUT2D eigenvalue weighted by molar-refractivity contribution is 5.43. The largest absolute Gasteiger partial charge is 0.388 e. The van der Waals surface area contributed by atoms with Crippen LogP contribution in [-0.2, 0) is 6.54 Å². The van der Waals surface area contributed by atoms with Gasteiger partial charge in [-0.1, -0.05) is 6.08 Å². The summed E-state index contributed by atoms with van der Waals surface area (Å²) in [7, 11) is 2.05. The molecule has 0 bridgehead atoms. The molecule has 25 heavy (non-hydrogen) atoms. The van der Waals surface area contributed by atoms with Crippen LogP contribution in [0.25, 0.3) is 6.08 Å². The van der Waals surface area contributed by atoms with Crippen molar-refractivity contribution in [3.63, 3.8) is 0 Å². The molecule has 2 aliphatic heterocycles. The monoisotopic (exact) mass is 347 g/mol.